The van der Waals surface area contributed by atoms with Gasteiger partial charge in [-0.1, -0.05) is 22.9 Å². The van der Waals surface area contributed by atoms with Crippen molar-refractivity contribution in [1.29, 1.82) is 0 Å². The third kappa shape index (κ3) is 2.99. The second kappa shape index (κ2) is 5.71. The maximum absolute atomic E-state index is 12.2. The van der Waals surface area contributed by atoms with Crippen LogP contribution >= 0.6 is 22.9 Å². The van der Waals surface area contributed by atoms with Crippen LogP contribution in [-0.4, -0.2) is 17.9 Å². The molecule has 0 unspecified atom stereocenters. The third-order valence-electron chi connectivity index (χ3n) is 3.01. The molecular formula is C15H12ClN3OS. The fourth-order valence-electron chi connectivity index (χ4n) is 1.91. The molecule has 1 aromatic heterocycles. The second-order valence-electron chi connectivity index (χ2n) is 4.41. The molecule has 3 aromatic rings. The molecule has 3 rings (SSSR count). The number of hydrogen-bond acceptors (Lipinski definition) is 4. The number of amides is 1. The predicted molar refractivity (Wildman–Crippen MR) is 88.6 cm³/mol. The first kappa shape index (κ1) is 13.9. The summed E-state index contributed by atoms with van der Waals surface area (Å²) in [4.78, 5) is 16.5. The van der Waals surface area contributed by atoms with Gasteiger partial charge in [-0.3, -0.25) is 10.1 Å². The lowest BCUT2D eigenvalue weighted by atomic mass is 10.2. The highest BCUT2D eigenvalue weighted by Gasteiger charge is 2.10. The molecule has 0 fully saturated rings. The van der Waals surface area contributed by atoms with Crippen LogP contribution in [0.2, 0.25) is 5.02 Å². The van der Waals surface area contributed by atoms with Crippen molar-refractivity contribution < 1.29 is 4.79 Å². The minimum Gasteiger partial charge on any atom is -0.388 e. The average molecular weight is 318 g/mol. The van der Waals surface area contributed by atoms with E-state index >= 15 is 0 Å². The van der Waals surface area contributed by atoms with Crippen LogP contribution in [0.1, 0.15) is 10.4 Å². The zero-order chi connectivity index (χ0) is 14.8. The lowest BCUT2D eigenvalue weighted by Crippen LogP contribution is -2.11. The molecule has 1 heterocycles. The summed E-state index contributed by atoms with van der Waals surface area (Å²) in [6.07, 6.45) is 0. The number of benzene rings is 2. The van der Waals surface area contributed by atoms with E-state index < -0.39 is 0 Å². The zero-order valence-electron chi connectivity index (χ0n) is 11.2. The Morgan fingerprint density at radius 1 is 1.19 bits per heavy atom. The van der Waals surface area contributed by atoms with E-state index in [1.54, 1.807) is 18.2 Å². The predicted octanol–water partition coefficient (Wildman–Crippen LogP) is 4.24. The second-order valence-corrected chi connectivity index (χ2v) is 5.88. The highest BCUT2D eigenvalue weighted by atomic mass is 35.5. The Kier molecular flexibility index (Phi) is 3.77. The number of anilines is 2. The summed E-state index contributed by atoms with van der Waals surface area (Å²) in [5, 5.41) is 7.04. The normalized spacial score (nSPS) is 10.6. The van der Waals surface area contributed by atoms with E-state index in [0.29, 0.717) is 15.7 Å². The molecule has 0 aliphatic heterocycles. The standard InChI is InChI=1S/C15H12ClN3OS/c1-17-11-5-2-9(3-6-11)14(20)19-15-18-12-7-4-10(16)8-13(12)21-15/h2-8,17H,1H3,(H,18,19,20). The highest BCUT2D eigenvalue weighted by molar-refractivity contribution is 7.22. The Bertz CT molecular complexity index is 798. The first-order valence-electron chi connectivity index (χ1n) is 6.31. The van der Waals surface area contributed by atoms with Crippen molar-refractivity contribution in [3.8, 4) is 0 Å². The van der Waals surface area contributed by atoms with Crippen LogP contribution in [-0.2, 0) is 0 Å². The number of fused-ring (bicyclic) bond motifs is 1. The van der Waals surface area contributed by atoms with E-state index in [9.17, 15) is 4.79 Å². The molecule has 0 saturated heterocycles. The van der Waals surface area contributed by atoms with Crippen molar-refractivity contribution in [2.24, 2.45) is 0 Å². The summed E-state index contributed by atoms with van der Waals surface area (Å²) in [5.41, 5.74) is 2.37. The number of nitrogens with one attached hydrogen (secondary N) is 2. The van der Waals surface area contributed by atoms with Gasteiger partial charge in [-0.05, 0) is 42.5 Å². The van der Waals surface area contributed by atoms with Gasteiger partial charge in [0.05, 0.1) is 10.2 Å². The van der Waals surface area contributed by atoms with Gasteiger partial charge in [-0.15, -0.1) is 0 Å². The zero-order valence-corrected chi connectivity index (χ0v) is 12.8. The van der Waals surface area contributed by atoms with Gasteiger partial charge in [0, 0.05) is 23.3 Å². The summed E-state index contributed by atoms with van der Waals surface area (Å²) in [6, 6.07) is 12.7. The largest absolute Gasteiger partial charge is 0.388 e. The molecule has 0 radical (unpaired) electrons. The SMILES string of the molecule is CNc1ccc(C(=O)Nc2nc3ccc(Cl)cc3s2)cc1. The molecule has 2 aromatic carbocycles. The number of halogens is 1. The van der Waals surface area contributed by atoms with Gasteiger partial charge in [0.25, 0.3) is 5.91 Å². The monoisotopic (exact) mass is 317 g/mol. The lowest BCUT2D eigenvalue weighted by molar-refractivity contribution is 0.102. The molecule has 2 N–H and O–H groups in total. The van der Waals surface area contributed by atoms with Crippen molar-refractivity contribution in [1.82, 2.24) is 4.98 Å². The molecular weight excluding hydrogens is 306 g/mol. The minimum absolute atomic E-state index is 0.178. The van der Waals surface area contributed by atoms with Crippen molar-refractivity contribution in [3.05, 3.63) is 53.1 Å². The van der Waals surface area contributed by atoms with Crippen molar-refractivity contribution in [3.63, 3.8) is 0 Å². The Balaban J connectivity index is 1.81. The van der Waals surface area contributed by atoms with Crippen molar-refractivity contribution >= 4 is 49.9 Å². The van der Waals surface area contributed by atoms with E-state index in [1.165, 1.54) is 11.3 Å². The van der Waals surface area contributed by atoms with E-state index in [2.05, 4.69) is 15.6 Å². The van der Waals surface area contributed by atoms with Gasteiger partial charge >= 0.3 is 0 Å². The summed E-state index contributed by atoms with van der Waals surface area (Å²) in [7, 11) is 1.83. The van der Waals surface area contributed by atoms with E-state index in [4.69, 9.17) is 11.6 Å². The number of hydrogen-bond donors (Lipinski definition) is 2. The number of aromatic nitrogens is 1. The molecule has 0 aliphatic carbocycles. The van der Waals surface area contributed by atoms with Gasteiger partial charge in [0.1, 0.15) is 0 Å². The molecule has 0 saturated carbocycles. The molecule has 106 valence electrons. The number of rotatable bonds is 3. The summed E-state index contributed by atoms with van der Waals surface area (Å²) >= 11 is 7.35. The smallest absolute Gasteiger partial charge is 0.257 e. The third-order valence-corrected chi connectivity index (χ3v) is 4.18. The van der Waals surface area contributed by atoms with Gasteiger partial charge in [0.15, 0.2) is 5.13 Å². The van der Waals surface area contributed by atoms with Crippen molar-refractivity contribution in [2.45, 2.75) is 0 Å². The Morgan fingerprint density at radius 2 is 1.95 bits per heavy atom. The first-order chi connectivity index (χ1) is 10.2. The molecule has 0 aliphatic rings. The maximum Gasteiger partial charge on any atom is 0.257 e. The van der Waals surface area contributed by atoms with Crippen LogP contribution in [0.3, 0.4) is 0 Å². The topological polar surface area (TPSA) is 54.0 Å². The van der Waals surface area contributed by atoms with Crippen LogP contribution in [0.15, 0.2) is 42.5 Å². The summed E-state index contributed by atoms with van der Waals surface area (Å²) < 4.78 is 0.948. The van der Waals surface area contributed by atoms with Crippen LogP contribution in [0.25, 0.3) is 10.2 Å². The minimum atomic E-state index is -0.178. The fraction of sp³-hybridized carbons (Fsp3) is 0.0667. The maximum atomic E-state index is 12.2. The van der Waals surface area contributed by atoms with E-state index in [0.717, 1.165) is 15.9 Å². The Morgan fingerprint density at radius 3 is 2.67 bits per heavy atom. The number of carbonyl (C=O) groups excluding carboxylic acids is 1. The van der Waals surface area contributed by atoms with Crippen LogP contribution in [0.5, 0.6) is 0 Å². The highest BCUT2D eigenvalue weighted by Crippen LogP contribution is 2.28. The fourth-order valence-corrected chi connectivity index (χ4v) is 3.05. The quantitative estimate of drug-likeness (QED) is 0.759. The lowest BCUT2D eigenvalue weighted by Gasteiger charge is -2.03. The molecule has 0 atom stereocenters. The van der Waals surface area contributed by atoms with Gasteiger partial charge in [-0.25, -0.2) is 4.98 Å². The van der Waals surface area contributed by atoms with Crippen molar-refractivity contribution in [2.75, 3.05) is 17.7 Å². The average Bonchev–Trinajstić information content (AvgIpc) is 2.88. The number of nitrogens with zero attached hydrogens (tertiary/aromatic N) is 1. The molecule has 4 nitrogen and oxygen atoms in total. The Labute approximate surface area is 130 Å². The molecule has 21 heavy (non-hydrogen) atoms. The van der Waals surface area contributed by atoms with Gasteiger partial charge in [-0.2, -0.15) is 0 Å². The van der Waals surface area contributed by atoms with Gasteiger partial charge < -0.3 is 5.32 Å². The molecule has 1 amide bonds. The van der Waals surface area contributed by atoms with Crippen LogP contribution in [0.4, 0.5) is 10.8 Å². The molecule has 6 heteroatoms. The number of carbonyl (C=O) groups is 1. The van der Waals surface area contributed by atoms with Gasteiger partial charge in [0.2, 0.25) is 0 Å². The summed E-state index contributed by atoms with van der Waals surface area (Å²) in [6.45, 7) is 0. The number of thiazole rings is 1. The molecule has 0 spiro atoms. The van der Waals surface area contributed by atoms with Crippen LogP contribution in [0, 0.1) is 0 Å². The Hall–Kier alpha value is -2.11. The first-order valence-corrected chi connectivity index (χ1v) is 7.50. The summed E-state index contributed by atoms with van der Waals surface area (Å²) in [5.74, 6) is -0.178. The van der Waals surface area contributed by atoms with E-state index in [1.807, 2.05) is 31.3 Å². The van der Waals surface area contributed by atoms with Crippen LogP contribution < -0.4 is 10.6 Å². The molecule has 0 bridgehead atoms. The van der Waals surface area contributed by atoms with E-state index in [-0.39, 0.29) is 5.91 Å².